The maximum absolute atomic E-state index is 6.07. The van der Waals surface area contributed by atoms with Crippen molar-refractivity contribution in [3.8, 4) is 0 Å². The Kier molecular flexibility index (Phi) is 3.20. The number of rotatable bonds is 8. The van der Waals surface area contributed by atoms with Crippen LogP contribution in [-0.2, 0) is 0 Å². The third-order valence-electron chi connectivity index (χ3n) is 5.50. The maximum Gasteiger partial charge on any atom is 0.0329 e. The van der Waals surface area contributed by atoms with E-state index in [0.29, 0.717) is 0 Å². The molecular formula is C15H28N2. The molecule has 3 aliphatic carbocycles. The molecule has 2 heteroatoms. The van der Waals surface area contributed by atoms with E-state index in [1.165, 1.54) is 51.5 Å². The summed E-state index contributed by atoms with van der Waals surface area (Å²) in [4.78, 5) is 0. The Hall–Kier alpha value is -0.0800. The smallest absolute Gasteiger partial charge is 0.0329 e. The highest BCUT2D eigenvalue weighted by molar-refractivity contribution is 5.02. The van der Waals surface area contributed by atoms with Gasteiger partial charge in [0, 0.05) is 12.1 Å². The summed E-state index contributed by atoms with van der Waals surface area (Å²) in [5.74, 6) is 3.96. The predicted molar refractivity (Wildman–Crippen MR) is 71.7 cm³/mol. The van der Waals surface area contributed by atoms with Crippen LogP contribution in [0.25, 0.3) is 0 Å². The third-order valence-corrected chi connectivity index (χ3v) is 5.50. The highest BCUT2D eigenvalue weighted by Gasteiger charge is 2.45. The molecular weight excluding hydrogens is 208 g/mol. The Morgan fingerprint density at radius 1 is 1.12 bits per heavy atom. The lowest BCUT2D eigenvalue weighted by atomic mass is 9.88. The molecule has 0 amide bonds. The molecule has 0 aromatic rings. The molecule has 0 aromatic carbocycles. The molecule has 3 N–H and O–H groups in total. The minimum atomic E-state index is 0.280. The fourth-order valence-corrected chi connectivity index (χ4v) is 3.67. The van der Waals surface area contributed by atoms with Crippen LogP contribution in [0.1, 0.15) is 51.9 Å². The summed E-state index contributed by atoms with van der Waals surface area (Å²) in [7, 11) is 0. The summed E-state index contributed by atoms with van der Waals surface area (Å²) in [6.45, 7) is 4.38. The topological polar surface area (TPSA) is 38.0 Å². The van der Waals surface area contributed by atoms with Gasteiger partial charge in [-0.25, -0.2) is 0 Å². The van der Waals surface area contributed by atoms with E-state index >= 15 is 0 Å². The second-order valence-electron chi connectivity index (χ2n) is 6.71. The fourth-order valence-electron chi connectivity index (χ4n) is 3.67. The highest BCUT2D eigenvalue weighted by Crippen LogP contribution is 2.49. The molecule has 0 aromatic heterocycles. The first kappa shape index (κ1) is 12.0. The van der Waals surface area contributed by atoms with Crippen LogP contribution in [0.3, 0.4) is 0 Å². The molecule has 0 radical (unpaired) electrons. The number of hydrogen-bond acceptors (Lipinski definition) is 2. The normalized spacial score (nSPS) is 28.4. The van der Waals surface area contributed by atoms with Crippen LogP contribution in [0.2, 0.25) is 0 Å². The summed E-state index contributed by atoms with van der Waals surface area (Å²) < 4.78 is 0. The van der Waals surface area contributed by atoms with E-state index in [2.05, 4.69) is 12.2 Å². The summed E-state index contributed by atoms with van der Waals surface area (Å²) in [5, 5.41) is 3.91. The van der Waals surface area contributed by atoms with E-state index in [1.54, 1.807) is 0 Å². The first-order valence-electron chi connectivity index (χ1n) is 7.74. The van der Waals surface area contributed by atoms with Gasteiger partial charge in [0.25, 0.3) is 0 Å². The lowest BCUT2D eigenvalue weighted by Gasteiger charge is -2.35. The molecule has 0 heterocycles. The largest absolute Gasteiger partial charge is 0.329 e. The van der Waals surface area contributed by atoms with Crippen molar-refractivity contribution in [3.05, 3.63) is 0 Å². The van der Waals surface area contributed by atoms with Gasteiger partial charge in [-0.05, 0) is 75.2 Å². The van der Waals surface area contributed by atoms with Gasteiger partial charge < -0.3 is 11.1 Å². The van der Waals surface area contributed by atoms with Crippen LogP contribution in [0.5, 0.6) is 0 Å². The Labute approximate surface area is 106 Å². The molecule has 3 saturated carbocycles. The van der Waals surface area contributed by atoms with E-state index in [1.807, 2.05) is 0 Å². The summed E-state index contributed by atoms with van der Waals surface area (Å²) in [6.07, 6.45) is 9.98. The minimum Gasteiger partial charge on any atom is -0.329 e. The molecule has 0 bridgehead atoms. The Balaban J connectivity index is 1.56. The lowest BCUT2D eigenvalue weighted by Crippen LogP contribution is -2.54. The third kappa shape index (κ3) is 2.53. The minimum absolute atomic E-state index is 0.280. The molecule has 0 saturated heterocycles. The Morgan fingerprint density at radius 3 is 2.06 bits per heavy atom. The van der Waals surface area contributed by atoms with E-state index in [4.69, 9.17) is 5.73 Å². The monoisotopic (exact) mass is 236 g/mol. The predicted octanol–water partition coefficient (Wildman–Crippen LogP) is 2.53. The molecule has 3 fully saturated rings. The zero-order valence-corrected chi connectivity index (χ0v) is 11.3. The van der Waals surface area contributed by atoms with Gasteiger partial charge in [0.1, 0.15) is 0 Å². The quantitative estimate of drug-likeness (QED) is 0.679. The Bertz CT molecular complexity index is 248. The lowest BCUT2D eigenvalue weighted by molar-refractivity contribution is 0.242. The standard InChI is InChI=1S/C15H28N2/c1-2-15(10-16,13-7-8-13)17-9-14(11-3-4-11)12-5-6-12/h11-14,17H,2-10,16H2,1H3. The molecule has 3 aliphatic rings. The average molecular weight is 236 g/mol. The van der Waals surface area contributed by atoms with Gasteiger partial charge in [-0.2, -0.15) is 0 Å². The molecule has 0 spiro atoms. The summed E-state index contributed by atoms with van der Waals surface area (Å²) in [5.41, 5.74) is 6.35. The van der Waals surface area contributed by atoms with Gasteiger partial charge >= 0.3 is 0 Å². The van der Waals surface area contributed by atoms with Crippen LogP contribution in [0.15, 0.2) is 0 Å². The van der Waals surface area contributed by atoms with Crippen LogP contribution in [0.4, 0.5) is 0 Å². The second kappa shape index (κ2) is 4.55. The van der Waals surface area contributed by atoms with Gasteiger partial charge in [-0.1, -0.05) is 6.92 Å². The van der Waals surface area contributed by atoms with Crippen molar-refractivity contribution in [2.75, 3.05) is 13.1 Å². The van der Waals surface area contributed by atoms with Gasteiger partial charge in [0.15, 0.2) is 0 Å². The molecule has 17 heavy (non-hydrogen) atoms. The average Bonchev–Trinajstić information content (AvgIpc) is 3.18. The van der Waals surface area contributed by atoms with E-state index in [9.17, 15) is 0 Å². The first-order chi connectivity index (χ1) is 8.29. The highest BCUT2D eigenvalue weighted by atomic mass is 15.0. The first-order valence-corrected chi connectivity index (χ1v) is 7.74. The van der Waals surface area contributed by atoms with Crippen LogP contribution in [-0.4, -0.2) is 18.6 Å². The number of hydrogen-bond donors (Lipinski definition) is 2. The van der Waals surface area contributed by atoms with Crippen molar-refractivity contribution in [2.45, 2.75) is 57.4 Å². The van der Waals surface area contributed by atoms with Crippen LogP contribution >= 0.6 is 0 Å². The fraction of sp³-hybridized carbons (Fsp3) is 1.00. The maximum atomic E-state index is 6.07. The molecule has 98 valence electrons. The number of nitrogens with one attached hydrogen (secondary N) is 1. The second-order valence-corrected chi connectivity index (χ2v) is 6.71. The molecule has 2 nitrogen and oxygen atoms in total. The zero-order valence-electron chi connectivity index (χ0n) is 11.3. The number of nitrogens with two attached hydrogens (primary N) is 1. The molecule has 1 atom stereocenters. The Morgan fingerprint density at radius 2 is 1.71 bits per heavy atom. The summed E-state index contributed by atoms with van der Waals surface area (Å²) >= 11 is 0. The van der Waals surface area contributed by atoms with Crippen molar-refractivity contribution in [2.24, 2.45) is 29.4 Å². The molecule has 0 aliphatic heterocycles. The van der Waals surface area contributed by atoms with Crippen molar-refractivity contribution in [1.82, 2.24) is 5.32 Å². The van der Waals surface area contributed by atoms with Crippen molar-refractivity contribution in [3.63, 3.8) is 0 Å². The van der Waals surface area contributed by atoms with Gasteiger partial charge in [0.2, 0.25) is 0 Å². The van der Waals surface area contributed by atoms with Crippen molar-refractivity contribution < 1.29 is 0 Å². The van der Waals surface area contributed by atoms with Gasteiger partial charge in [-0.15, -0.1) is 0 Å². The van der Waals surface area contributed by atoms with Crippen LogP contribution in [0, 0.1) is 23.7 Å². The SMILES string of the molecule is CCC(CN)(NCC(C1CC1)C1CC1)C1CC1. The zero-order chi connectivity index (χ0) is 11.9. The van der Waals surface area contributed by atoms with Crippen LogP contribution < -0.4 is 11.1 Å². The molecule has 1 unspecified atom stereocenters. The molecule has 3 rings (SSSR count). The van der Waals surface area contributed by atoms with Gasteiger partial charge in [-0.3, -0.25) is 0 Å². The van der Waals surface area contributed by atoms with Gasteiger partial charge in [0.05, 0.1) is 0 Å². The van der Waals surface area contributed by atoms with E-state index in [0.717, 1.165) is 30.2 Å². The van der Waals surface area contributed by atoms with E-state index in [-0.39, 0.29) is 5.54 Å². The van der Waals surface area contributed by atoms with Crippen molar-refractivity contribution >= 4 is 0 Å². The van der Waals surface area contributed by atoms with Crippen molar-refractivity contribution in [1.29, 1.82) is 0 Å². The summed E-state index contributed by atoms with van der Waals surface area (Å²) in [6, 6.07) is 0. The van der Waals surface area contributed by atoms with E-state index < -0.39 is 0 Å².